The Hall–Kier alpha value is -0.870. The first-order valence-corrected chi connectivity index (χ1v) is 6.68. The van der Waals surface area contributed by atoms with Crippen molar-refractivity contribution in [2.75, 3.05) is 0 Å². The van der Waals surface area contributed by atoms with Gasteiger partial charge in [0.2, 0.25) is 5.91 Å². The lowest BCUT2D eigenvalue weighted by atomic mass is 10.2. The molecule has 1 saturated carbocycles. The van der Waals surface area contributed by atoms with Crippen LogP contribution in [0.25, 0.3) is 0 Å². The maximum Gasteiger partial charge on any atom is 0.239 e. The molecule has 3 nitrogen and oxygen atoms in total. The first-order chi connectivity index (χ1) is 8.09. The zero-order valence-electron chi connectivity index (χ0n) is 9.90. The van der Waals surface area contributed by atoms with Gasteiger partial charge in [0.25, 0.3) is 0 Å². The molecule has 1 aliphatic carbocycles. The number of amides is 1. The minimum Gasteiger partial charge on any atom is -0.334 e. The lowest BCUT2D eigenvalue weighted by Crippen LogP contribution is -2.42. The molecule has 4 heteroatoms. The molecule has 0 aromatic heterocycles. The number of hydrogen-bond acceptors (Lipinski definition) is 2. The maximum absolute atomic E-state index is 12.0. The van der Waals surface area contributed by atoms with Gasteiger partial charge in [0, 0.05) is 17.1 Å². The molecule has 1 aromatic rings. The quantitative estimate of drug-likeness (QED) is 0.927. The van der Waals surface area contributed by atoms with E-state index in [1.165, 1.54) is 0 Å². The predicted molar refractivity (Wildman–Crippen MR) is 71.4 cm³/mol. The van der Waals surface area contributed by atoms with Crippen molar-refractivity contribution in [3.05, 3.63) is 34.3 Å². The highest BCUT2D eigenvalue weighted by atomic mass is 79.9. The first kappa shape index (κ1) is 12.6. The van der Waals surface area contributed by atoms with E-state index < -0.39 is 6.04 Å². The first-order valence-electron chi connectivity index (χ1n) is 5.89. The van der Waals surface area contributed by atoms with E-state index in [1.807, 2.05) is 29.2 Å². The van der Waals surface area contributed by atoms with Gasteiger partial charge in [-0.25, -0.2) is 0 Å². The van der Waals surface area contributed by atoms with Crippen LogP contribution in [0.2, 0.25) is 0 Å². The van der Waals surface area contributed by atoms with Gasteiger partial charge in [0.1, 0.15) is 0 Å². The number of hydrogen-bond donors (Lipinski definition) is 1. The van der Waals surface area contributed by atoms with E-state index >= 15 is 0 Å². The molecule has 2 rings (SSSR count). The van der Waals surface area contributed by atoms with Crippen molar-refractivity contribution in [3.8, 4) is 0 Å². The molecule has 0 spiro atoms. The number of rotatable bonds is 4. The molecule has 1 atom stereocenters. The second-order valence-corrected chi connectivity index (χ2v) is 5.43. The molecule has 2 N–H and O–H groups in total. The Balaban J connectivity index is 2.13. The molecule has 1 fully saturated rings. The van der Waals surface area contributed by atoms with Gasteiger partial charge in [0.05, 0.1) is 6.04 Å². The summed E-state index contributed by atoms with van der Waals surface area (Å²) in [6.45, 7) is 2.39. The Morgan fingerprint density at radius 3 is 2.71 bits per heavy atom. The molecule has 1 aromatic carbocycles. The normalized spacial score (nSPS) is 16.6. The number of nitrogens with zero attached hydrogens (tertiary/aromatic N) is 1. The van der Waals surface area contributed by atoms with Gasteiger partial charge in [0.15, 0.2) is 0 Å². The van der Waals surface area contributed by atoms with E-state index in [2.05, 4.69) is 15.9 Å². The van der Waals surface area contributed by atoms with Gasteiger partial charge in [-0.05, 0) is 31.4 Å². The van der Waals surface area contributed by atoms with Crippen molar-refractivity contribution in [1.82, 2.24) is 4.90 Å². The Labute approximate surface area is 110 Å². The number of carbonyl (C=O) groups excluding carboxylic acids is 1. The van der Waals surface area contributed by atoms with Crippen molar-refractivity contribution in [1.29, 1.82) is 0 Å². The van der Waals surface area contributed by atoms with Crippen LogP contribution in [0.5, 0.6) is 0 Å². The molecule has 0 aliphatic heterocycles. The van der Waals surface area contributed by atoms with Crippen molar-refractivity contribution >= 4 is 21.8 Å². The lowest BCUT2D eigenvalue weighted by Gasteiger charge is -2.24. The summed E-state index contributed by atoms with van der Waals surface area (Å²) in [6.07, 6.45) is 2.20. The van der Waals surface area contributed by atoms with Crippen LogP contribution in [-0.2, 0) is 11.3 Å². The van der Waals surface area contributed by atoms with Gasteiger partial charge in [-0.2, -0.15) is 0 Å². The molecule has 0 bridgehead atoms. The standard InChI is InChI=1S/C13H17BrN2O/c1-9(15)13(17)16(11-6-7-11)8-10-4-2-3-5-12(10)14/h2-5,9,11H,6-8,15H2,1H3/t9-/m1/s1. The molecular weight excluding hydrogens is 280 g/mol. The minimum atomic E-state index is -0.418. The topological polar surface area (TPSA) is 46.3 Å². The predicted octanol–water partition coefficient (Wildman–Crippen LogP) is 2.29. The third-order valence-corrected chi connectivity index (χ3v) is 3.73. The van der Waals surface area contributed by atoms with Crippen LogP contribution in [0, 0.1) is 0 Å². The highest BCUT2D eigenvalue weighted by Gasteiger charge is 2.33. The molecule has 0 unspecified atom stereocenters. The van der Waals surface area contributed by atoms with Crippen LogP contribution >= 0.6 is 15.9 Å². The fourth-order valence-corrected chi connectivity index (χ4v) is 2.26. The summed E-state index contributed by atoms with van der Waals surface area (Å²) < 4.78 is 1.04. The minimum absolute atomic E-state index is 0.0447. The number of benzene rings is 1. The molecule has 0 saturated heterocycles. The molecule has 0 radical (unpaired) electrons. The average molecular weight is 297 g/mol. The van der Waals surface area contributed by atoms with Crippen molar-refractivity contribution in [2.24, 2.45) is 5.73 Å². The smallest absolute Gasteiger partial charge is 0.239 e. The SMILES string of the molecule is C[C@@H](N)C(=O)N(Cc1ccccc1Br)C1CC1. The Morgan fingerprint density at radius 2 is 2.18 bits per heavy atom. The van der Waals surface area contributed by atoms with Gasteiger partial charge < -0.3 is 10.6 Å². The number of carbonyl (C=O) groups is 1. The summed E-state index contributed by atoms with van der Waals surface area (Å²) in [5.74, 6) is 0.0447. The van der Waals surface area contributed by atoms with E-state index in [0.717, 1.165) is 22.9 Å². The van der Waals surface area contributed by atoms with E-state index in [-0.39, 0.29) is 5.91 Å². The van der Waals surface area contributed by atoms with Gasteiger partial charge in [-0.1, -0.05) is 34.1 Å². The molecule has 1 amide bonds. The third kappa shape index (κ3) is 3.07. The van der Waals surface area contributed by atoms with Gasteiger partial charge >= 0.3 is 0 Å². The molecule has 92 valence electrons. The lowest BCUT2D eigenvalue weighted by molar-refractivity contribution is -0.133. The summed E-state index contributed by atoms with van der Waals surface area (Å²) in [5.41, 5.74) is 6.82. The fraction of sp³-hybridized carbons (Fsp3) is 0.462. The van der Waals surface area contributed by atoms with Crippen LogP contribution in [0.4, 0.5) is 0 Å². The summed E-state index contributed by atoms with van der Waals surface area (Å²) in [4.78, 5) is 13.9. The second kappa shape index (κ2) is 5.19. The number of halogens is 1. The molecule has 1 aliphatic rings. The molecular formula is C13H17BrN2O. The zero-order valence-corrected chi connectivity index (χ0v) is 11.5. The Morgan fingerprint density at radius 1 is 1.53 bits per heavy atom. The Bertz CT molecular complexity index is 416. The van der Waals surface area contributed by atoms with Gasteiger partial charge in [-0.3, -0.25) is 4.79 Å². The Kier molecular flexibility index (Phi) is 3.84. The van der Waals surface area contributed by atoms with Crippen LogP contribution in [-0.4, -0.2) is 22.9 Å². The highest BCUT2D eigenvalue weighted by molar-refractivity contribution is 9.10. The summed E-state index contributed by atoms with van der Waals surface area (Å²) >= 11 is 3.51. The average Bonchev–Trinajstić information content (AvgIpc) is 3.11. The van der Waals surface area contributed by atoms with Gasteiger partial charge in [-0.15, -0.1) is 0 Å². The van der Waals surface area contributed by atoms with E-state index in [4.69, 9.17) is 5.73 Å². The maximum atomic E-state index is 12.0. The highest BCUT2D eigenvalue weighted by Crippen LogP contribution is 2.30. The molecule has 0 heterocycles. The summed E-state index contributed by atoms with van der Waals surface area (Å²) in [7, 11) is 0. The van der Waals surface area contributed by atoms with Crippen LogP contribution in [0.1, 0.15) is 25.3 Å². The number of nitrogens with two attached hydrogens (primary N) is 1. The van der Waals surface area contributed by atoms with Crippen molar-refractivity contribution in [3.63, 3.8) is 0 Å². The van der Waals surface area contributed by atoms with Crippen molar-refractivity contribution < 1.29 is 4.79 Å². The largest absolute Gasteiger partial charge is 0.334 e. The van der Waals surface area contributed by atoms with Crippen molar-refractivity contribution in [2.45, 2.75) is 38.4 Å². The van der Waals surface area contributed by atoms with Crippen LogP contribution < -0.4 is 5.73 Å². The van der Waals surface area contributed by atoms with Crippen LogP contribution in [0.3, 0.4) is 0 Å². The summed E-state index contributed by atoms with van der Waals surface area (Å²) in [6, 6.07) is 7.97. The summed E-state index contributed by atoms with van der Waals surface area (Å²) in [5, 5.41) is 0. The zero-order chi connectivity index (χ0) is 12.4. The van der Waals surface area contributed by atoms with E-state index in [9.17, 15) is 4.79 Å². The fourth-order valence-electron chi connectivity index (χ4n) is 1.84. The second-order valence-electron chi connectivity index (χ2n) is 4.58. The van der Waals surface area contributed by atoms with E-state index in [1.54, 1.807) is 6.92 Å². The van der Waals surface area contributed by atoms with E-state index in [0.29, 0.717) is 12.6 Å². The monoisotopic (exact) mass is 296 g/mol. The molecule has 17 heavy (non-hydrogen) atoms. The van der Waals surface area contributed by atoms with Crippen LogP contribution in [0.15, 0.2) is 28.7 Å². The third-order valence-electron chi connectivity index (χ3n) is 2.96.